The van der Waals surface area contributed by atoms with Crippen LogP contribution in [0.3, 0.4) is 0 Å². The molecule has 0 bridgehead atoms. The Hall–Kier alpha value is -1.26. The third-order valence-corrected chi connectivity index (χ3v) is 1.89. The van der Waals surface area contributed by atoms with Crippen LogP contribution in [0.1, 0.15) is 33.0 Å². The molecule has 5 heteroatoms. The molecule has 13 heavy (non-hydrogen) atoms. The Kier molecular flexibility index (Phi) is 2.45. The highest BCUT2D eigenvalue weighted by atomic mass is 15.4. The molecular formula is C8H17N5. The van der Waals surface area contributed by atoms with Gasteiger partial charge in [-0.05, 0) is 11.8 Å². The molecule has 0 amide bonds. The summed E-state index contributed by atoms with van der Waals surface area (Å²) in [4.78, 5) is 0. The van der Waals surface area contributed by atoms with Gasteiger partial charge in [0.05, 0.1) is 0 Å². The SMILES string of the molecule is CC(C)(C)CCc1nnc(N)n1N. The molecule has 0 radical (unpaired) electrons. The lowest BCUT2D eigenvalue weighted by molar-refractivity contribution is 0.373. The molecule has 0 saturated carbocycles. The van der Waals surface area contributed by atoms with Gasteiger partial charge in [0.2, 0.25) is 5.95 Å². The number of hydrogen-bond donors (Lipinski definition) is 2. The number of rotatable bonds is 2. The van der Waals surface area contributed by atoms with Crippen molar-refractivity contribution in [2.24, 2.45) is 5.41 Å². The van der Waals surface area contributed by atoms with Crippen LogP contribution in [0.2, 0.25) is 0 Å². The second-order valence-electron chi connectivity index (χ2n) is 4.41. The monoisotopic (exact) mass is 183 g/mol. The Morgan fingerprint density at radius 3 is 2.31 bits per heavy atom. The number of nitrogens with two attached hydrogens (primary N) is 2. The smallest absolute Gasteiger partial charge is 0.240 e. The standard InChI is InChI=1S/C8H17N5/c1-8(2,3)5-4-6-11-12-7(9)13(6)10/h4-5,10H2,1-3H3,(H2,9,12). The van der Waals surface area contributed by atoms with Crippen molar-refractivity contribution in [2.45, 2.75) is 33.6 Å². The molecule has 1 heterocycles. The van der Waals surface area contributed by atoms with E-state index in [4.69, 9.17) is 11.6 Å². The maximum atomic E-state index is 5.60. The summed E-state index contributed by atoms with van der Waals surface area (Å²) in [7, 11) is 0. The predicted molar refractivity (Wildman–Crippen MR) is 52.4 cm³/mol. The van der Waals surface area contributed by atoms with E-state index in [1.54, 1.807) is 0 Å². The predicted octanol–water partition coefficient (Wildman–Crippen LogP) is 0.553. The fourth-order valence-electron chi connectivity index (χ4n) is 0.995. The maximum Gasteiger partial charge on any atom is 0.240 e. The largest absolute Gasteiger partial charge is 0.366 e. The van der Waals surface area contributed by atoms with Gasteiger partial charge < -0.3 is 11.6 Å². The van der Waals surface area contributed by atoms with Gasteiger partial charge in [-0.2, -0.15) is 0 Å². The highest BCUT2D eigenvalue weighted by Gasteiger charge is 2.13. The minimum Gasteiger partial charge on any atom is -0.366 e. The lowest BCUT2D eigenvalue weighted by Gasteiger charge is -2.16. The van der Waals surface area contributed by atoms with Gasteiger partial charge in [-0.1, -0.05) is 20.8 Å². The van der Waals surface area contributed by atoms with Gasteiger partial charge in [0.15, 0.2) is 5.82 Å². The van der Waals surface area contributed by atoms with Crippen LogP contribution in [-0.4, -0.2) is 14.9 Å². The van der Waals surface area contributed by atoms with E-state index in [-0.39, 0.29) is 11.4 Å². The van der Waals surface area contributed by atoms with Crippen molar-refractivity contribution >= 4 is 5.95 Å². The maximum absolute atomic E-state index is 5.60. The van der Waals surface area contributed by atoms with Crippen LogP contribution >= 0.6 is 0 Å². The second-order valence-corrected chi connectivity index (χ2v) is 4.41. The Morgan fingerprint density at radius 1 is 1.31 bits per heavy atom. The molecule has 0 aliphatic rings. The number of nitrogens with zero attached hydrogens (tertiary/aromatic N) is 3. The molecule has 0 spiro atoms. The van der Waals surface area contributed by atoms with Crippen molar-refractivity contribution in [3.8, 4) is 0 Å². The van der Waals surface area contributed by atoms with Crippen molar-refractivity contribution in [1.29, 1.82) is 0 Å². The summed E-state index contributed by atoms with van der Waals surface area (Å²) < 4.78 is 1.34. The van der Waals surface area contributed by atoms with Crippen LogP contribution in [0.15, 0.2) is 0 Å². The summed E-state index contributed by atoms with van der Waals surface area (Å²) in [6.07, 6.45) is 1.83. The molecule has 74 valence electrons. The van der Waals surface area contributed by atoms with Crippen LogP contribution in [-0.2, 0) is 6.42 Å². The van der Waals surface area contributed by atoms with Gasteiger partial charge in [-0.15, -0.1) is 10.2 Å². The summed E-state index contributed by atoms with van der Waals surface area (Å²) in [6.45, 7) is 6.52. The number of aromatic nitrogens is 3. The lowest BCUT2D eigenvalue weighted by atomic mass is 9.90. The van der Waals surface area contributed by atoms with E-state index in [2.05, 4.69) is 31.0 Å². The van der Waals surface area contributed by atoms with Gasteiger partial charge in [0, 0.05) is 6.42 Å². The van der Waals surface area contributed by atoms with E-state index in [1.807, 2.05) is 0 Å². The van der Waals surface area contributed by atoms with E-state index < -0.39 is 0 Å². The van der Waals surface area contributed by atoms with E-state index in [1.165, 1.54) is 4.68 Å². The normalized spacial score (nSPS) is 11.9. The number of hydrogen-bond acceptors (Lipinski definition) is 4. The molecule has 4 N–H and O–H groups in total. The molecule has 0 unspecified atom stereocenters. The fourth-order valence-corrected chi connectivity index (χ4v) is 0.995. The lowest BCUT2D eigenvalue weighted by Crippen LogP contribution is -2.17. The van der Waals surface area contributed by atoms with Gasteiger partial charge in [-0.25, -0.2) is 4.68 Å². The van der Waals surface area contributed by atoms with Crippen LogP contribution in [0.25, 0.3) is 0 Å². The first-order chi connectivity index (χ1) is 5.90. The first kappa shape index (κ1) is 9.83. The third kappa shape index (κ3) is 2.61. The average molecular weight is 183 g/mol. The van der Waals surface area contributed by atoms with Crippen molar-refractivity contribution in [3.63, 3.8) is 0 Å². The summed E-state index contributed by atoms with van der Waals surface area (Å²) in [5.74, 6) is 6.61. The average Bonchev–Trinajstić information content (AvgIpc) is 2.29. The van der Waals surface area contributed by atoms with Gasteiger partial charge >= 0.3 is 0 Å². The molecule has 1 aromatic rings. The summed E-state index contributed by atoms with van der Waals surface area (Å²) in [5, 5.41) is 7.56. The molecule has 0 saturated heterocycles. The van der Waals surface area contributed by atoms with Gasteiger partial charge in [0.25, 0.3) is 0 Å². The number of aryl methyl sites for hydroxylation is 1. The molecular weight excluding hydrogens is 166 g/mol. The first-order valence-corrected chi connectivity index (χ1v) is 4.35. The van der Waals surface area contributed by atoms with E-state index in [0.29, 0.717) is 0 Å². The highest BCUT2D eigenvalue weighted by molar-refractivity contribution is 5.17. The Morgan fingerprint density at radius 2 is 1.92 bits per heavy atom. The van der Waals surface area contributed by atoms with E-state index in [0.717, 1.165) is 18.7 Å². The van der Waals surface area contributed by atoms with Crippen LogP contribution in [0, 0.1) is 5.41 Å². The minimum atomic E-state index is 0.268. The molecule has 0 fully saturated rings. The fraction of sp³-hybridized carbons (Fsp3) is 0.750. The third-order valence-electron chi connectivity index (χ3n) is 1.89. The molecule has 5 nitrogen and oxygen atoms in total. The summed E-state index contributed by atoms with van der Waals surface area (Å²) in [5.41, 5.74) is 5.72. The van der Waals surface area contributed by atoms with Crippen molar-refractivity contribution < 1.29 is 0 Å². The zero-order valence-corrected chi connectivity index (χ0v) is 8.41. The molecule has 0 aliphatic heterocycles. The zero-order valence-electron chi connectivity index (χ0n) is 8.41. The Bertz CT molecular complexity index is 283. The molecule has 0 aliphatic carbocycles. The number of nitrogen functional groups attached to an aromatic ring is 2. The minimum absolute atomic E-state index is 0.268. The summed E-state index contributed by atoms with van der Waals surface area (Å²) >= 11 is 0. The molecule has 0 atom stereocenters. The zero-order chi connectivity index (χ0) is 10.1. The Labute approximate surface area is 78.1 Å². The molecule has 0 aromatic carbocycles. The number of anilines is 1. The van der Waals surface area contributed by atoms with E-state index in [9.17, 15) is 0 Å². The van der Waals surface area contributed by atoms with E-state index >= 15 is 0 Å². The molecule has 1 aromatic heterocycles. The van der Waals surface area contributed by atoms with Crippen LogP contribution in [0.4, 0.5) is 5.95 Å². The van der Waals surface area contributed by atoms with Crippen molar-refractivity contribution in [3.05, 3.63) is 5.82 Å². The van der Waals surface area contributed by atoms with Crippen LogP contribution in [0.5, 0.6) is 0 Å². The van der Waals surface area contributed by atoms with Crippen molar-refractivity contribution in [2.75, 3.05) is 11.6 Å². The second kappa shape index (κ2) is 3.24. The topological polar surface area (TPSA) is 82.8 Å². The van der Waals surface area contributed by atoms with Gasteiger partial charge in [-0.3, -0.25) is 0 Å². The quantitative estimate of drug-likeness (QED) is 0.656. The first-order valence-electron chi connectivity index (χ1n) is 4.35. The van der Waals surface area contributed by atoms with Crippen LogP contribution < -0.4 is 11.6 Å². The van der Waals surface area contributed by atoms with Gasteiger partial charge in [0.1, 0.15) is 0 Å². The highest BCUT2D eigenvalue weighted by Crippen LogP contribution is 2.20. The summed E-state index contributed by atoms with van der Waals surface area (Å²) in [6, 6.07) is 0. The van der Waals surface area contributed by atoms with Crippen molar-refractivity contribution in [1.82, 2.24) is 14.9 Å². The molecule has 1 rings (SSSR count). The Balaban J connectivity index is 2.60.